The third-order valence-corrected chi connectivity index (χ3v) is 3.26. The van der Waals surface area contributed by atoms with E-state index in [0.717, 1.165) is 0 Å². The molecule has 0 aromatic heterocycles. The lowest BCUT2D eigenvalue weighted by Crippen LogP contribution is -2.37. The smallest absolute Gasteiger partial charge is 0.198 e. The SMILES string of the molecule is CC1CCN(C)OS1(=O)=O. The van der Waals surface area contributed by atoms with Gasteiger partial charge in [-0.3, -0.25) is 0 Å². The van der Waals surface area contributed by atoms with Crippen molar-refractivity contribution in [1.29, 1.82) is 0 Å². The molecule has 5 heteroatoms. The highest BCUT2D eigenvalue weighted by molar-refractivity contribution is 7.87. The van der Waals surface area contributed by atoms with E-state index in [2.05, 4.69) is 4.28 Å². The van der Waals surface area contributed by atoms with E-state index in [4.69, 9.17) is 0 Å². The molecule has 60 valence electrons. The van der Waals surface area contributed by atoms with Crippen molar-refractivity contribution >= 4 is 10.1 Å². The summed E-state index contributed by atoms with van der Waals surface area (Å²) in [5, 5.41) is 0.985. The van der Waals surface area contributed by atoms with Crippen LogP contribution in [0.5, 0.6) is 0 Å². The predicted molar refractivity (Wildman–Crippen MR) is 36.7 cm³/mol. The second-order valence-corrected chi connectivity index (χ2v) is 4.46. The van der Waals surface area contributed by atoms with Crippen LogP contribution in [0, 0.1) is 0 Å². The molecule has 1 unspecified atom stereocenters. The van der Waals surface area contributed by atoms with Gasteiger partial charge in [0.2, 0.25) is 0 Å². The number of rotatable bonds is 0. The highest BCUT2D eigenvalue weighted by Crippen LogP contribution is 2.15. The fourth-order valence-electron chi connectivity index (χ4n) is 0.796. The van der Waals surface area contributed by atoms with Gasteiger partial charge in [0.05, 0.1) is 5.25 Å². The van der Waals surface area contributed by atoms with Crippen molar-refractivity contribution in [3.05, 3.63) is 0 Å². The molecule has 0 saturated carbocycles. The number of hydrogen-bond donors (Lipinski definition) is 0. The minimum absolute atomic E-state index is 0.358. The Morgan fingerprint density at radius 3 is 2.60 bits per heavy atom. The van der Waals surface area contributed by atoms with Crippen LogP contribution in [-0.4, -0.2) is 32.3 Å². The van der Waals surface area contributed by atoms with Crippen LogP contribution in [-0.2, 0) is 14.4 Å². The van der Waals surface area contributed by atoms with Crippen molar-refractivity contribution in [1.82, 2.24) is 5.06 Å². The minimum Gasteiger partial charge on any atom is -0.198 e. The third kappa shape index (κ3) is 1.47. The molecule has 0 bridgehead atoms. The molecule has 1 aliphatic rings. The molecule has 1 rings (SSSR count). The zero-order chi connectivity index (χ0) is 7.78. The maximum absolute atomic E-state index is 10.9. The van der Waals surface area contributed by atoms with E-state index >= 15 is 0 Å². The first kappa shape index (κ1) is 7.97. The second-order valence-electron chi connectivity index (χ2n) is 2.52. The van der Waals surface area contributed by atoms with Gasteiger partial charge in [-0.25, -0.2) is 0 Å². The summed E-state index contributed by atoms with van der Waals surface area (Å²) < 4.78 is 26.4. The maximum Gasteiger partial charge on any atom is 0.286 e. The van der Waals surface area contributed by atoms with Crippen molar-refractivity contribution in [2.45, 2.75) is 18.6 Å². The molecule has 0 N–H and O–H groups in total. The molecular weight excluding hydrogens is 154 g/mol. The summed E-state index contributed by atoms with van der Waals surface area (Å²) in [6, 6.07) is 0. The molecule has 0 aliphatic carbocycles. The molecular formula is C5H11NO3S. The third-order valence-electron chi connectivity index (χ3n) is 1.57. The molecule has 4 nitrogen and oxygen atoms in total. The Morgan fingerprint density at radius 1 is 1.60 bits per heavy atom. The molecule has 0 radical (unpaired) electrons. The van der Waals surface area contributed by atoms with Crippen molar-refractivity contribution in [2.75, 3.05) is 13.6 Å². The number of hydroxylamine groups is 2. The van der Waals surface area contributed by atoms with Gasteiger partial charge in [-0.2, -0.15) is 17.8 Å². The summed E-state index contributed by atoms with van der Waals surface area (Å²) in [6.45, 7) is 2.34. The molecule has 10 heavy (non-hydrogen) atoms. The molecule has 1 aliphatic heterocycles. The van der Waals surface area contributed by atoms with Crippen molar-refractivity contribution in [2.24, 2.45) is 0 Å². The van der Waals surface area contributed by atoms with Gasteiger partial charge < -0.3 is 0 Å². The summed E-state index contributed by atoms with van der Waals surface area (Å²) in [7, 11) is -1.67. The van der Waals surface area contributed by atoms with Crippen LogP contribution < -0.4 is 0 Å². The van der Waals surface area contributed by atoms with Crippen molar-refractivity contribution < 1.29 is 12.7 Å². The molecule has 1 saturated heterocycles. The number of nitrogens with zero attached hydrogens (tertiary/aromatic N) is 1. The lowest BCUT2D eigenvalue weighted by molar-refractivity contribution is -0.0380. The Bertz CT molecular complexity index is 211. The molecule has 0 aromatic carbocycles. The van der Waals surface area contributed by atoms with E-state index < -0.39 is 10.1 Å². The van der Waals surface area contributed by atoms with Crippen LogP contribution in [0.15, 0.2) is 0 Å². The van der Waals surface area contributed by atoms with Crippen molar-refractivity contribution in [3.8, 4) is 0 Å². The van der Waals surface area contributed by atoms with Crippen LogP contribution >= 0.6 is 0 Å². The standard InChI is InChI=1S/C5H11NO3S/c1-5-3-4-6(2)9-10(5,7)8/h5H,3-4H2,1-2H3. The van der Waals surface area contributed by atoms with Gasteiger partial charge in [0.25, 0.3) is 10.1 Å². The fourth-order valence-corrected chi connectivity index (χ4v) is 1.77. The van der Waals surface area contributed by atoms with Gasteiger partial charge in [0.15, 0.2) is 0 Å². The largest absolute Gasteiger partial charge is 0.286 e. The first-order valence-electron chi connectivity index (χ1n) is 3.17. The Kier molecular flexibility index (Phi) is 1.98. The van der Waals surface area contributed by atoms with E-state index in [9.17, 15) is 8.42 Å². The Hall–Kier alpha value is -0.130. The molecule has 0 amide bonds. The summed E-state index contributed by atoms with van der Waals surface area (Å²) in [4.78, 5) is 0. The average molecular weight is 165 g/mol. The maximum atomic E-state index is 10.9. The van der Waals surface area contributed by atoms with Crippen molar-refractivity contribution in [3.63, 3.8) is 0 Å². The Labute approximate surface area is 60.9 Å². The predicted octanol–water partition coefficient (Wildman–Crippen LogP) is -0.0282. The van der Waals surface area contributed by atoms with Gasteiger partial charge in [-0.15, -0.1) is 0 Å². The van der Waals surface area contributed by atoms with Gasteiger partial charge >= 0.3 is 0 Å². The zero-order valence-corrected chi connectivity index (χ0v) is 6.89. The normalized spacial score (nSPS) is 34.0. The molecule has 1 atom stereocenters. The van der Waals surface area contributed by atoms with E-state index in [1.54, 1.807) is 14.0 Å². The number of hydrogen-bond acceptors (Lipinski definition) is 4. The van der Waals surface area contributed by atoms with Crippen LogP contribution in [0.25, 0.3) is 0 Å². The quantitative estimate of drug-likeness (QED) is 0.506. The summed E-state index contributed by atoms with van der Waals surface area (Å²) in [6.07, 6.45) is 0.652. The minimum atomic E-state index is -3.28. The van der Waals surface area contributed by atoms with E-state index in [0.29, 0.717) is 13.0 Å². The molecule has 1 fully saturated rings. The lowest BCUT2D eigenvalue weighted by atomic mass is 10.3. The van der Waals surface area contributed by atoms with Gasteiger partial charge in [0, 0.05) is 13.6 Å². The highest BCUT2D eigenvalue weighted by Gasteiger charge is 2.28. The Morgan fingerprint density at radius 2 is 2.20 bits per heavy atom. The van der Waals surface area contributed by atoms with Crippen LogP contribution in [0.4, 0.5) is 0 Å². The topological polar surface area (TPSA) is 46.6 Å². The molecule has 0 spiro atoms. The summed E-state index contributed by atoms with van der Waals surface area (Å²) in [5.41, 5.74) is 0. The molecule has 1 heterocycles. The van der Waals surface area contributed by atoms with Crippen LogP contribution in [0.3, 0.4) is 0 Å². The lowest BCUT2D eigenvalue weighted by Gasteiger charge is -2.25. The summed E-state index contributed by atoms with van der Waals surface area (Å²) in [5.74, 6) is 0. The van der Waals surface area contributed by atoms with Gasteiger partial charge in [0.1, 0.15) is 0 Å². The second kappa shape index (κ2) is 2.48. The zero-order valence-electron chi connectivity index (χ0n) is 6.07. The van der Waals surface area contributed by atoms with Gasteiger partial charge in [-0.05, 0) is 13.3 Å². The van der Waals surface area contributed by atoms with Crippen LogP contribution in [0.2, 0.25) is 0 Å². The monoisotopic (exact) mass is 165 g/mol. The van der Waals surface area contributed by atoms with Crippen LogP contribution in [0.1, 0.15) is 13.3 Å². The first-order chi connectivity index (χ1) is 4.52. The molecule has 0 aromatic rings. The Balaban J connectivity index is 2.74. The van der Waals surface area contributed by atoms with E-state index in [1.165, 1.54) is 5.06 Å². The van der Waals surface area contributed by atoms with E-state index in [1.807, 2.05) is 0 Å². The van der Waals surface area contributed by atoms with Gasteiger partial charge in [-0.1, -0.05) is 0 Å². The fraction of sp³-hybridized carbons (Fsp3) is 1.00. The summed E-state index contributed by atoms with van der Waals surface area (Å²) >= 11 is 0. The highest BCUT2D eigenvalue weighted by atomic mass is 32.2. The average Bonchev–Trinajstić information content (AvgIpc) is 1.78. The first-order valence-corrected chi connectivity index (χ1v) is 4.64. The van der Waals surface area contributed by atoms with E-state index in [-0.39, 0.29) is 5.25 Å².